The highest BCUT2D eigenvalue weighted by Gasteiger charge is 2.54. The third kappa shape index (κ3) is 4.92. The predicted molar refractivity (Wildman–Crippen MR) is 131 cm³/mol. The van der Waals surface area contributed by atoms with E-state index < -0.39 is 23.3 Å². The molecule has 1 aromatic carbocycles. The van der Waals surface area contributed by atoms with E-state index in [4.69, 9.17) is 0 Å². The molecule has 2 atom stereocenters. The zero-order valence-corrected chi connectivity index (χ0v) is 20.3. The van der Waals surface area contributed by atoms with Gasteiger partial charge in [0.15, 0.2) is 0 Å². The lowest BCUT2D eigenvalue weighted by Crippen LogP contribution is -2.70. The Morgan fingerprint density at radius 2 is 2.03 bits per heavy atom. The first-order valence-electron chi connectivity index (χ1n) is 10.8. The van der Waals surface area contributed by atoms with Crippen LogP contribution in [0.15, 0.2) is 70.3 Å². The average Bonchev–Trinajstić information content (AvgIpc) is 3.14. The monoisotopic (exact) mass is 499 g/mol. The van der Waals surface area contributed by atoms with Crippen LogP contribution >= 0.6 is 23.5 Å². The number of fused-ring (bicyclic) bond motifs is 1. The fraction of sp³-hybridized carbons (Fsp3) is 0.333. The molecular weight excluding hydrogens is 474 g/mol. The molecular formula is C24H25N3O5S2. The third-order valence-electron chi connectivity index (χ3n) is 5.65. The zero-order valence-electron chi connectivity index (χ0n) is 18.7. The number of carboxylic acid groups (broad SMARTS) is 1. The molecule has 34 heavy (non-hydrogen) atoms. The molecule has 2 N–H and O–H groups in total. The maximum atomic E-state index is 12.8. The molecule has 10 heteroatoms. The van der Waals surface area contributed by atoms with Crippen LogP contribution in [0.25, 0.3) is 0 Å². The average molecular weight is 500 g/mol. The molecule has 0 aliphatic carbocycles. The molecule has 2 saturated heterocycles. The normalized spacial score (nSPS) is 23.1. The molecule has 0 bridgehead atoms. The van der Waals surface area contributed by atoms with Gasteiger partial charge in [0, 0.05) is 29.3 Å². The number of thioether (sulfide) groups is 2. The van der Waals surface area contributed by atoms with Crippen molar-refractivity contribution < 1.29 is 24.3 Å². The zero-order chi connectivity index (χ0) is 24.4. The quantitative estimate of drug-likeness (QED) is 0.245. The van der Waals surface area contributed by atoms with Crippen molar-refractivity contribution in [1.29, 1.82) is 0 Å². The number of hydrogen-bond acceptors (Lipinski definition) is 6. The fourth-order valence-electron chi connectivity index (χ4n) is 4.12. The van der Waals surface area contributed by atoms with E-state index in [9.17, 15) is 24.3 Å². The van der Waals surface area contributed by atoms with E-state index in [1.165, 1.54) is 28.4 Å². The molecule has 3 heterocycles. The lowest BCUT2D eigenvalue weighted by Gasteiger charge is -2.49. The first kappa shape index (κ1) is 24.2. The number of hydrogen-bond donors (Lipinski definition) is 2. The van der Waals surface area contributed by atoms with Gasteiger partial charge in [-0.2, -0.15) is 0 Å². The van der Waals surface area contributed by atoms with Gasteiger partial charge in [-0.25, -0.2) is 4.79 Å². The van der Waals surface area contributed by atoms with Crippen LogP contribution in [0.1, 0.15) is 13.3 Å². The lowest BCUT2D eigenvalue weighted by atomic mass is 10.0. The SMILES string of the molecule is C=C(C)CN1CC/C(=C\C2=C(C(=O)O)N3C(=O)[C@@H](NC(=O)CSc4ccccc4)[C@H]3SC2)C1=O. The van der Waals surface area contributed by atoms with Crippen LogP contribution in [0.2, 0.25) is 0 Å². The van der Waals surface area contributed by atoms with Gasteiger partial charge in [-0.15, -0.1) is 23.5 Å². The highest BCUT2D eigenvalue weighted by molar-refractivity contribution is 8.00. The molecule has 178 valence electrons. The largest absolute Gasteiger partial charge is 0.477 e. The lowest BCUT2D eigenvalue weighted by molar-refractivity contribution is -0.150. The van der Waals surface area contributed by atoms with Gasteiger partial charge in [0.2, 0.25) is 11.8 Å². The molecule has 3 amide bonds. The predicted octanol–water partition coefficient (Wildman–Crippen LogP) is 2.25. The van der Waals surface area contributed by atoms with Gasteiger partial charge < -0.3 is 15.3 Å². The van der Waals surface area contributed by atoms with Gasteiger partial charge in [0.25, 0.3) is 5.91 Å². The van der Waals surface area contributed by atoms with Gasteiger partial charge in [-0.05, 0) is 37.1 Å². The van der Waals surface area contributed by atoms with Crippen molar-refractivity contribution in [3.05, 3.63) is 65.4 Å². The van der Waals surface area contributed by atoms with Crippen molar-refractivity contribution in [3.8, 4) is 0 Å². The second-order valence-corrected chi connectivity index (χ2v) is 10.5. The van der Waals surface area contributed by atoms with Crippen LogP contribution in [0, 0.1) is 0 Å². The third-order valence-corrected chi connectivity index (χ3v) is 7.97. The number of aliphatic carboxylic acids is 1. The number of nitrogens with one attached hydrogen (secondary N) is 1. The van der Waals surface area contributed by atoms with Gasteiger partial charge in [-0.1, -0.05) is 30.4 Å². The summed E-state index contributed by atoms with van der Waals surface area (Å²) in [4.78, 5) is 53.8. The summed E-state index contributed by atoms with van der Waals surface area (Å²) in [7, 11) is 0. The Bertz CT molecular complexity index is 1110. The Morgan fingerprint density at radius 1 is 1.29 bits per heavy atom. The molecule has 2 fully saturated rings. The van der Waals surface area contributed by atoms with Crippen molar-refractivity contribution >= 4 is 47.2 Å². The Morgan fingerprint density at radius 3 is 2.71 bits per heavy atom. The minimum absolute atomic E-state index is 0.114. The molecule has 0 aromatic heterocycles. The second kappa shape index (κ2) is 10.1. The van der Waals surface area contributed by atoms with E-state index in [-0.39, 0.29) is 23.3 Å². The summed E-state index contributed by atoms with van der Waals surface area (Å²) >= 11 is 2.75. The highest BCUT2D eigenvalue weighted by atomic mass is 32.2. The number of allylic oxidation sites excluding steroid dienone is 1. The smallest absolute Gasteiger partial charge is 0.352 e. The number of rotatable bonds is 8. The van der Waals surface area contributed by atoms with Crippen LogP contribution in [0.3, 0.4) is 0 Å². The van der Waals surface area contributed by atoms with E-state index in [0.717, 1.165) is 10.5 Å². The van der Waals surface area contributed by atoms with Crippen molar-refractivity contribution in [3.63, 3.8) is 0 Å². The van der Waals surface area contributed by atoms with Crippen molar-refractivity contribution in [2.75, 3.05) is 24.6 Å². The molecule has 0 radical (unpaired) electrons. The molecule has 0 spiro atoms. The standard InChI is InChI=1S/C24H25N3O5S2/c1-14(2)11-26-9-8-15(21(26)29)10-16-12-34-23-19(22(30)27(23)20(16)24(31)32)25-18(28)13-33-17-6-4-3-5-7-17/h3-7,10,19,23H,1,8-9,11-13H2,2H3,(H,25,28)(H,31,32)/b15-10+/t19-,23-/m1/s1. The number of amides is 3. The van der Waals surface area contributed by atoms with Gasteiger partial charge in [-0.3, -0.25) is 19.3 Å². The summed E-state index contributed by atoms with van der Waals surface area (Å²) < 4.78 is 0. The summed E-state index contributed by atoms with van der Waals surface area (Å²) in [6.07, 6.45) is 2.13. The van der Waals surface area contributed by atoms with Crippen molar-refractivity contribution in [2.45, 2.75) is 29.7 Å². The minimum Gasteiger partial charge on any atom is -0.477 e. The summed E-state index contributed by atoms with van der Waals surface area (Å²) in [6, 6.07) is 8.70. The first-order chi connectivity index (χ1) is 16.3. The Labute approximate surface area is 206 Å². The van der Waals surface area contributed by atoms with Crippen molar-refractivity contribution in [1.82, 2.24) is 15.1 Å². The summed E-state index contributed by atoms with van der Waals surface area (Å²) in [6.45, 7) is 6.71. The van der Waals surface area contributed by atoms with Crippen LogP contribution in [0.4, 0.5) is 0 Å². The number of nitrogens with zero attached hydrogens (tertiary/aromatic N) is 2. The Hall–Kier alpha value is -2.98. The minimum atomic E-state index is -1.22. The van der Waals surface area contributed by atoms with E-state index in [1.54, 1.807) is 11.0 Å². The van der Waals surface area contributed by atoms with Crippen LogP contribution in [0.5, 0.6) is 0 Å². The molecule has 1 aromatic rings. The van der Waals surface area contributed by atoms with E-state index in [2.05, 4.69) is 11.9 Å². The molecule has 4 rings (SSSR count). The summed E-state index contributed by atoms with van der Waals surface area (Å²) in [5, 5.41) is 12.1. The molecule has 0 unspecified atom stereocenters. The second-order valence-electron chi connectivity index (χ2n) is 8.34. The van der Waals surface area contributed by atoms with Crippen LogP contribution in [-0.2, 0) is 19.2 Å². The highest BCUT2D eigenvalue weighted by Crippen LogP contribution is 2.41. The number of benzene rings is 1. The molecule has 3 aliphatic heterocycles. The number of likely N-dealkylation sites (tertiary alicyclic amines) is 1. The van der Waals surface area contributed by atoms with Gasteiger partial charge in [0.05, 0.1) is 5.75 Å². The van der Waals surface area contributed by atoms with Crippen molar-refractivity contribution in [2.24, 2.45) is 0 Å². The maximum Gasteiger partial charge on any atom is 0.352 e. The summed E-state index contributed by atoms with van der Waals surface area (Å²) in [5.41, 5.74) is 1.73. The number of carbonyl (C=O) groups excluding carboxylic acids is 3. The first-order valence-corrected chi connectivity index (χ1v) is 12.8. The maximum absolute atomic E-state index is 12.8. The number of carbonyl (C=O) groups is 4. The number of carboxylic acids is 1. The fourth-order valence-corrected chi connectivity index (χ4v) is 6.16. The Kier molecular flexibility index (Phi) is 7.18. The van der Waals surface area contributed by atoms with E-state index >= 15 is 0 Å². The Balaban J connectivity index is 1.44. The van der Waals surface area contributed by atoms with Gasteiger partial charge in [0.1, 0.15) is 17.1 Å². The van der Waals surface area contributed by atoms with Gasteiger partial charge >= 0.3 is 5.97 Å². The van der Waals surface area contributed by atoms with Crippen LogP contribution in [-0.4, -0.2) is 74.6 Å². The topological polar surface area (TPSA) is 107 Å². The molecule has 0 saturated carbocycles. The molecule has 8 nitrogen and oxygen atoms in total. The van der Waals surface area contributed by atoms with Crippen LogP contribution < -0.4 is 5.32 Å². The van der Waals surface area contributed by atoms with E-state index in [1.807, 2.05) is 37.3 Å². The molecule has 3 aliphatic rings. The summed E-state index contributed by atoms with van der Waals surface area (Å²) in [5.74, 6) is -1.60. The van der Waals surface area contributed by atoms with E-state index in [0.29, 0.717) is 36.4 Å². The number of β-lactam (4-membered cyclic amide) rings is 1.